The molecule has 2 N–H and O–H groups in total. The van der Waals surface area contributed by atoms with Crippen molar-refractivity contribution >= 4 is 41.5 Å². The molecule has 0 radical (unpaired) electrons. The molecule has 2 aliphatic rings. The van der Waals surface area contributed by atoms with Gasteiger partial charge in [0.25, 0.3) is 0 Å². The van der Waals surface area contributed by atoms with Crippen LogP contribution in [0.3, 0.4) is 0 Å². The highest BCUT2D eigenvalue weighted by molar-refractivity contribution is 14.0. The van der Waals surface area contributed by atoms with Crippen LogP contribution in [0.2, 0.25) is 5.02 Å². The number of fused-ring (bicyclic) bond motifs is 1. The minimum atomic E-state index is -0.0543. The van der Waals surface area contributed by atoms with Crippen LogP contribution in [-0.4, -0.2) is 39.6 Å². The molecular formula is C22H27ClIN3O3. The first-order valence-electron chi connectivity index (χ1n) is 9.86. The van der Waals surface area contributed by atoms with Gasteiger partial charge < -0.3 is 24.8 Å². The molecule has 8 heteroatoms. The van der Waals surface area contributed by atoms with E-state index in [9.17, 15) is 0 Å². The van der Waals surface area contributed by atoms with Crippen LogP contribution >= 0.6 is 35.6 Å². The van der Waals surface area contributed by atoms with E-state index in [4.69, 9.17) is 25.8 Å². The van der Waals surface area contributed by atoms with Crippen LogP contribution in [-0.2, 0) is 16.7 Å². The zero-order valence-electron chi connectivity index (χ0n) is 16.9. The highest BCUT2D eigenvalue weighted by Crippen LogP contribution is 2.40. The standard InChI is InChI=1S/C22H26ClN3O3.HI/c1-24-21(25-13-16-4-2-3-5-18(16)23)26-14-22(8-10-27-11-9-22)17-6-7-19-20(12-17)29-15-28-19;/h2-7,12H,8-11,13-15H2,1H3,(H2,24,25,26);1H. The molecule has 0 aromatic heterocycles. The Kier molecular flexibility index (Phi) is 8.07. The number of nitrogens with zero attached hydrogens (tertiary/aromatic N) is 1. The molecule has 0 aliphatic carbocycles. The Labute approximate surface area is 199 Å². The van der Waals surface area contributed by atoms with Gasteiger partial charge in [-0.2, -0.15) is 0 Å². The molecule has 4 rings (SSSR count). The van der Waals surface area contributed by atoms with Crippen LogP contribution in [0.15, 0.2) is 47.5 Å². The molecule has 0 saturated carbocycles. The van der Waals surface area contributed by atoms with E-state index in [1.165, 1.54) is 5.56 Å². The number of benzene rings is 2. The number of nitrogens with one attached hydrogen (secondary N) is 2. The lowest BCUT2D eigenvalue weighted by Gasteiger charge is -2.38. The largest absolute Gasteiger partial charge is 0.454 e. The lowest BCUT2D eigenvalue weighted by molar-refractivity contribution is 0.0513. The van der Waals surface area contributed by atoms with Gasteiger partial charge in [0.05, 0.1) is 0 Å². The maximum absolute atomic E-state index is 6.26. The van der Waals surface area contributed by atoms with Gasteiger partial charge in [-0.1, -0.05) is 35.9 Å². The van der Waals surface area contributed by atoms with Gasteiger partial charge in [-0.05, 0) is 42.2 Å². The van der Waals surface area contributed by atoms with E-state index in [0.717, 1.165) is 60.6 Å². The van der Waals surface area contributed by atoms with Gasteiger partial charge in [-0.15, -0.1) is 24.0 Å². The highest BCUT2D eigenvalue weighted by Gasteiger charge is 2.35. The summed E-state index contributed by atoms with van der Waals surface area (Å²) in [7, 11) is 1.78. The fourth-order valence-electron chi connectivity index (χ4n) is 3.85. The van der Waals surface area contributed by atoms with Crippen molar-refractivity contribution in [3.8, 4) is 11.5 Å². The van der Waals surface area contributed by atoms with Crippen molar-refractivity contribution in [1.29, 1.82) is 0 Å². The average Bonchev–Trinajstić information content (AvgIpc) is 3.23. The molecule has 0 atom stereocenters. The van der Waals surface area contributed by atoms with Gasteiger partial charge in [-0.25, -0.2) is 0 Å². The molecular weight excluding hydrogens is 517 g/mol. The molecule has 2 aliphatic heterocycles. The molecule has 30 heavy (non-hydrogen) atoms. The topological polar surface area (TPSA) is 64.1 Å². The molecule has 2 aromatic rings. The summed E-state index contributed by atoms with van der Waals surface area (Å²) in [5.41, 5.74) is 2.22. The monoisotopic (exact) mass is 543 g/mol. The lowest BCUT2D eigenvalue weighted by Crippen LogP contribution is -2.47. The fraction of sp³-hybridized carbons (Fsp3) is 0.409. The number of ether oxygens (including phenoxy) is 3. The molecule has 6 nitrogen and oxygen atoms in total. The van der Waals surface area contributed by atoms with Crippen LogP contribution in [0.25, 0.3) is 0 Å². The third-order valence-electron chi connectivity index (χ3n) is 5.66. The van der Waals surface area contributed by atoms with Gasteiger partial charge in [0.2, 0.25) is 6.79 Å². The summed E-state index contributed by atoms with van der Waals surface area (Å²) in [6.07, 6.45) is 1.86. The zero-order chi connectivity index (χ0) is 20.1. The Morgan fingerprint density at radius 3 is 2.60 bits per heavy atom. The SMILES string of the molecule is CN=C(NCc1ccccc1Cl)NCC1(c2ccc3c(c2)OCO3)CCOCC1.I. The van der Waals surface area contributed by atoms with Crippen LogP contribution in [0.5, 0.6) is 11.5 Å². The highest BCUT2D eigenvalue weighted by atomic mass is 127. The molecule has 2 aromatic carbocycles. The molecule has 1 fully saturated rings. The number of guanidine groups is 1. The predicted octanol–water partition coefficient (Wildman–Crippen LogP) is 4.10. The first kappa shape index (κ1) is 23.0. The van der Waals surface area contributed by atoms with Crippen molar-refractivity contribution in [3.05, 3.63) is 58.6 Å². The molecule has 0 bridgehead atoms. The third-order valence-corrected chi connectivity index (χ3v) is 6.03. The average molecular weight is 544 g/mol. The molecule has 1 saturated heterocycles. The van der Waals surface area contributed by atoms with E-state index in [1.807, 2.05) is 30.3 Å². The van der Waals surface area contributed by atoms with Crippen molar-refractivity contribution in [1.82, 2.24) is 10.6 Å². The van der Waals surface area contributed by atoms with E-state index in [1.54, 1.807) is 7.05 Å². The van der Waals surface area contributed by atoms with Crippen molar-refractivity contribution in [3.63, 3.8) is 0 Å². The Morgan fingerprint density at radius 2 is 1.83 bits per heavy atom. The second-order valence-corrected chi connectivity index (χ2v) is 7.74. The van der Waals surface area contributed by atoms with Crippen LogP contribution < -0.4 is 20.1 Å². The van der Waals surface area contributed by atoms with Gasteiger partial charge in [0.15, 0.2) is 17.5 Å². The van der Waals surface area contributed by atoms with Crippen LogP contribution in [0.4, 0.5) is 0 Å². The Bertz CT molecular complexity index is 888. The second kappa shape index (κ2) is 10.5. The summed E-state index contributed by atoms with van der Waals surface area (Å²) in [4.78, 5) is 4.38. The maximum atomic E-state index is 6.26. The first-order chi connectivity index (χ1) is 14.2. The molecule has 0 spiro atoms. The molecule has 2 heterocycles. The minimum absolute atomic E-state index is 0. The molecule has 0 unspecified atom stereocenters. The Morgan fingerprint density at radius 1 is 1.07 bits per heavy atom. The van der Waals surface area contributed by atoms with E-state index in [-0.39, 0.29) is 36.2 Å². The number of halogens is 2. The van der Waals surface area contributed by atoms with Gasteiger partial charge >= 0.3 is 0 Å². The fourth-order valence-corrected chi connectivity index (χ4v) is 4.05. The summed E-state index contributed by atoms with van der Waals surface area (Å²) >= 11 is 6.26. The summed E-state index contributed by atoms with van der Waals surface area (Å²) in [5.74, 6) is 2.37. The van der Waals surface area contributed by atoms with Crippen molar-refractivity contribution in [2.45, 2.75) is 24.8 Å². The van der Waals surface area contributed by atoms with Crippen LogP contribution in [0, 0.1) is 0 Å². The van der Waals surface area contributed by atoms with Crippen molar-refractivity contribution in [2.75, 3.05) is 33.6 Å². The quantitative estimate of drug-likeness (QED) is 0.338. The van der Waals surface area contributed by atoms with E-state index in [2.05, 4.69) is 27.8 Å². The van der Waals surface area contributed by atoms with E-state index in [0.29, 0.717) is 6.54 Å². The Hall–Kier alpha value is -1.71. The number of hydrogen-bond donors (Lipinski definition) is 2. The molecule has 0 amide bonds. The first-order valence-corrected chi connectivity index (χ1v) is 10.2. The van der Waals surface area contributed by atoms with E-state index < -0.39 is 0 Å². The summed E-state index contributed by atoms with van der Waals surface area (Å²) < 4.78 is 16.7. The number of aliphatic imine (C=N–C) groups is 1. The summed E-state index contributed by atoms with van der Waals surface area (Å²) in [6, 6.07) is 14.1. The lowest BCUT2D eigenvalue weighted by atomic mass is 9.74. The number of rotatable bonds is 5. The van der Waals surface area contributed by atoms with Crippen molar-refractivity contribution in [2.24, 2.45) is 4.99 Å². The number of hydrogen-bond acceptors (Lipinski definition) is 4. The second-order valence-electron chi connectivity index (χ2n) is 7.33. The zero-order valence-corrected chi connectivity index (χ0v) is 20.0. The maximum Gasteiger partial charge on any atom is 0.231 e. The Balaban J connectivity index is 0.00000256. The third kappa shape index (κ3) is 5.12. The summed E-state index contributed by atoms with van der Waals surface area (Å²) in [6.45, 7) is 3.12. The van der Waals surface area contributed by atoms with E-state index >= 15 is 0 Å². The minimum Gasteiger partial charge on any atom is -0.454 e. The van der Waals surface area contributed by atoms with Gasteiger partial charge in [-0.3, -0.25) is 4.99 Å². The smallest absolute Gasteiger partial charge is 0.231 e. The predicted molar refractivity (Wildman–Crippen MR) is 129 cm³/mol. The van der Waals surface area contributed by atoms with Gasteiger partial charge in [0, 0.05) is 43.8 Å². The normalized spacial score (nSPS) is 17.2. The van der Waals surface area contributed by atoms with Crippen molar-refractivity contribution < 1.29 is 14.2 Å². The van der Waals surface area contributed by atoms with Crippen LogP contribution in [0.1, 0.15) is 24.0 Å². The van der Waals surface area contributed by atoms with Gasteiger partial charge in [0.1, 0.15) is 0 Å². The summed E-state index contributed by atoms with van der Waals surface area (Å²) in [5, 5.41) is 7.61. The molecule has 162 valence electrons.